The Labute approximate surface area is 654 Å². The zero-order valence-electron chi connectivity index (χ0n) is 70.0. The van der Waals surface area contributed by atoms with E-state index in [9.17, 15) is 54.3 Å². The molecule has 2 saturated heterocycles. The van der Waals surface area contributed by atoms with Gasteiger partial charge in [0.25, 0.3) is 0 Å². The number of unbranched alkanes of at least 4 members (excludes halogenated alkanes) is 23. The van der Waals surface area contributed by atoms with Crippen LogP contribution >= 0.6 is 0 Å². The standard InChI is InChI=1S/C87H160O21/c1-12-20-26-42-54-81(93)99-61-67(88)62-100-82(94)55-43-33-27-30-39-49-73(106-85(97)65(18-7)46-24-16-5)70(91)58-69(90)72(48-36-21-13-2)103-77(52-38-23-15-4)80(108-87(9,10)11)60-79-76(105-79)53-41-32-29-35-45-57-84(96)102-64-68(89)63-101-83(95)56-44-34-28-31-40-50-74(107-86(98)66(19-8)47-25-17-6)71(92)59-78-75(104-78)51-37-22-14-3/h65-80,88-92H,12-64H2,1-11H3. The van der Waals surface area contributed by atoms with E-state index in [4.69, 9.17) is 47.4 Å². The Morgan fingerprint density at radius 2 is 0.648 bits per heavy atom. The molecule has 5 N–H and O–H groups in total. The number of epoxide rings is 2. The lowest BCUT2D eigenvalue weighted by molar-refractivity contribution is -0.177. The van der Waals surface area contributed by atoms with Crippen LogP contribution in [0, 0.1) is 11.8 Å². The first-order valence-electron chi connectivity index (χ1n) is 44.0. The molecule has 16 unspecified atom stereocenters. The summed E-state index contributed by atoms with van der Waals surface area (Å²) in [5.74, 6) is -2.62. The highest BCUT2D eigenvalue weighted by molar-refractivity contribution is 5.73. The summed E-state index contributed by atoms with van der Waals surface area (Å²) in [6.45, 7) is 21.9. The molecule has 21 nitrogen and oxygen atoms in total. The first-order chi connectivity index (χ1) is 51.9. The van der Waals surface area contributed by atoms with Gasteiger partial charge >= 0.3 is 35.8 Å². The Kier molecular flexibility index (Phi) is 58.5. The van der Waals surface area contributed by atoms with Gasteiger partial charge in [-0.1, -0.05) is 222 Å². The summed E-state index contributed by atoms with van der Waals surface area (Å²) in [5.41, 5.74) is -0.497. The largest absolute Gasteiger partial charge is 0.463 e. The molecule has 0 aromatic carbocycles. The number of ether oxygens (including phenoxy) is 10. The van der Waals surface area contributed by atoms with Crippen LogP contribution in [0.4, 0.5) is 0 Å². The van der Waals surface area contributed by atoms with Gasteiger partial charge in [-0.2, -0.15) is 0 Å². The minimum absolute atomic E-state index is 0.00549. The second kappa shape index (κ2) is 62.8. The molecule has 634 valence electrons. The lowest BCUT2D eigenvalue weighted by Crippen LogP contribution is -2.45. The fourth-order valence-corrected chi connectivity index (χ4v) is 14.2. The van der Waals surface area contributed by atoms with Gasteiger partial charge < -0.3 is 72.9 Å². The first kappa shape index (κ1) is 101. The van der Waals surface area contributed by atoms with Crippen LogP contribution in [0.1, 0.15) is 391 Å². The SMILES string of the molecule is CCCCCCC(=O)OCC(O)COC(=O)CCCCCCCC(OC(=O)C(CC)CCCC)C(O)CC(O)C(CCCCC)OC(CCCCC)C(CC1OC1CCCCCCCC(=O)OCC(O)COC(=O)CCCCCCCC(OC(=O)C(CC)CCCC)C(O)CC1OC1CCCCC)OC(C)(C)C. The van der Waals surface area contributed by atoms with Crippen molar-refractivity contribution in [3.8, 4) is 0 Å². The van der Waals surface area contributed by atoms with Crippen molar-refractivity contribution in [2.75, 3.05) is 26.4 Å². The number of esters is 6. The Bertz CT molecular complexity index is 2260. The van der Waals surface area contributed by atoms with Gasteiger partial charge in [-0.25, -0.2) is 0 Å². The molecule has 108 heavy (non-hydrogen) atoms. The highest BCUT2D eigenvalue weighted by Gasteiger charge is 2.45. The van der Waals surface area contributed by atoms with Gasteiger partial charge in [0.05, 0.1) is 78.5 Å². The maximum atomic E-state index is 13.8. The van der Waals surface area contributed by atoms with Crippen molar-refractivity contribution >= 4 is 35.8 Å². The molecule has 16 atom stereocenters. The van der Waals surface area contributed by atoms with Crippen molar-refractivity contribution in [1.29, 1.82) is 0 Å². The highest BCUT2D eigenvalue weighted by Crippen LogP contribution is 2.37. The molecule has 0 bridgehead atoms. The van der Waals surface area contributed by atoms with Crippen molar-refractivity contribution in [1.82, 2.24) is 0 Å². The van der Waals surface area contributed by atoms with Crippen molar-refractivity contribution in [3.63, 3.8) is 0 Å². The summed E-state index contributed by atoms with van der Waals surface area (Å²) in [6.07, 6.45) is 30.1. The monoisotopic (exact) mass is 1540 g/mol. The lowest BCUT2D eigenvalue weighted by atomic mass is 9.94. The number of aliphatic hydroxyl groups excluding tert-OH is 5. The van der Waals surface area contributed by atoms with E-state index in [2.05, 4.69) is 41.5 Å². The third-order valence-corrected chi connectivity index (χ3v) is 21.2. The molecule has 2 rings (SSSR count). The van der Waals surface area contributed by atoms with E-state index in [1.165, 1.54) is 0 Å². The Morgan fingerprint density at radius 1 is 0.333 bits per heavy atom. The number of aliphatic hydroxyl groups is 5. The number of carbonyl (C=O) groups is 6. The Balaban J connectivity index is 1.86. The molecule has 2 aliphatic rings. The van der Waals surface area contributed by atoms with Gasteiger partial charge in [0.1, 0.15) is 50.8 Å². The van der Waals surface area contributed by atoms with Crippen LogP contribution in [0.2, 0.25) is 0 Å². The van der Waals surface area contributed by atoms with Gasteiger partial charge in [-0.05, 0) is 124 Å². The van der Waals surface area contributed by atoms with E-state index in [0.717, 1.165) is 205 Å². The van der Waals surface area contributed by atoms with Crippen molar-refractivity contribution < 1.29 is 102 Å². The van der Waals surface area contributed by atoms with E-state index >= 15 is 0 Å². The van der Waals surface area contributed by atoms with Crippen LogP contribution in [0.3, 0.4) is 0 Å². The van der Waals surface area contributed by atoms with Crippen LogP contribution in [0.15, 0.2) is 0 Å². The maximum absolute atomic E-state index is 13.8. The molecule has 0 spiro atoms. The minimum Gasteiger partial charge on any atom is -0.463 e. The molecular formula is C87H160O21. The van der Waals surface area contributed by atoms with Crippen LogP contribution < -0.4 is 0 Å². The van der Waals surface area contributed by atoms with Crippen LogP contribution in [0.5, 0.6) is 0 Å². The molecular weight excluding hydrogens is 1380 g/mol. The van der Waals surface area contributed by atoms with Crippen LogP contribution in [0.25, 0.3) is 0 Å². The quantitative estimate of drug-likeness (QED) is 0.0164. The Morgan fingerprint density at radius 3 is 1.06 bits per heavy atom. The molecule has 0 aliphatic carbocycles. The number of hydrogen-bond donors (Lipinski definition) is 5. The molecule has 0 amide bonds. The normalized spacial score (nSPS) is 19.0. The molecule has 0 aromatic heterocycles. The summed E-state index contributed by atoms with van der Waals surface area (Å²) in [6, 6.07) is 0. The average Bonchev–Trinajstić information content (AvgIpc) is 1.67. The summed E-state index contributed by atoms with van der Waals surface area (Å²) in [4.78, 5) is 76.5. The summed E-state index contributed by atoms with van der Waals surface area (Å²) in [5, 5.41) is 56.2. The van der Waals surface area contributed by atoms with Crippen LogP contribution in [-0.4, -0.2) is 179 Å². The van der Waals surface area contributed by atoms with E-state index in [1.807, 2.05) is 34.6 Å². The van der Waals surface area contributed by atoms with Crippen molar-refractivity contribution in [2.24, 2.45) is 11.8 Å². The molecule has 0 aromatic rings. The average molecular weight is 1540 g/mol. The number of rotatable bonds is 74. The second-order valence-electron chi connectivity index (χ2n) is 32.5. The number of carbonyl (C=O) groups excluding carboxylic acids is 6. The molecule has 2 aliphatic heterocycles. The number of hydrogen-bond acceptors (Lipinski definition) is 21. The van der Waals surface area contributed by atoms with E-state index in [0.29, 0.717) is 83.5 Å². The van der Waals surface area contributed by atoms with Gasteiger partial charge in [-0.15, -0.1) is 0 Å². The first-order valence-corrected chi connectivity index (χ1v) is 44.0. The molecule has 0 radical (unpaired) electrons. The minimum atomic E-state index is -1.14. The molecule has 2 heterocycles. The van der Waals surface area contributed by atoms with Gasteiger partial charge in [0.2, 0.25) is 0 Å². The molecule has 2 fully saturated rings. The summed E-state index contributed by atoms with van der Waals surface area (Å²) >= 11 is 0. The van der Waals surface area contributed by atoms with Gasteiger partial charge in [-0.3, -0.25) is 28.8 Å². The zero-order chi connectivity index (χ0) is 79.7. The molecule has 0 saturated carbocycles. The van der Waals surface area contributed by atoms with Crippen molar-refractivity contribution in [3.05, 3.63) is 0 Å². The van der Waals surface area contributed by atoms with Crippen molar-refractivity contribution in [2.45, 2.75) is 482 Å². The Hall–Kier alpha value is -3.54. The van der Waals surface area contributed by atoms with Gasteiger partial charge in [0.15, 0.2) is 0 Å². The summed E-state index contributed by atoms with van der Waals surface area (Å²) in [7, 11) is 0. The molecule has 21 heteroatoms. The third-order valence-electron chi connectivity index (χ3n) is 21.2. The smallest absolute Gasteiger partial charge is 0.309 e. The fourth-order valence-electron chi connectivity index (χ4n) is 14.2. The maximum Gasteiger partial charge on any atom is 0.309 e. The zero-order valence-corrected chi connectivity index (χ0v) is 70.0. The summed E-state index contributed by atoms with van der Waals surface area (Å²) < 4.78 is 59.4. The third kappa shape index (κ3) is 50.5. The topological polar surface area (TPSA) is 302 Å². The van der Waals surface area contributed by atoms with E-state index in [-0.39, 0.29) is 118 Å². The van der Waals surface area contributed by atoms with E-state index < -0.39 is 72.3 Å². The second-order valence-corrected chi connectivity index (χ2v) is 32.5. The lowest BCUT2D eigenvalue weighted by Gasteiger charge is -2.37. The predicted octanol–water partition coefficient (Wildman–Crippen LogP) is 17.8. The van der Waals surface area contributed by atoms with Gasteiger partial charge in [0, 0.05) is 44.9 Å². The highest BCUT2D eigenvalue weighted by atomic mass is 16.6. The van der Waals surface area contributed by atoms with Crippen LogP contribution in [-0.2, 0) is 76.1 Å². The predicted molar refractivity (Wildman–Crippen MR) is 423 cm³/mol. The van der Waals surface area contributed by atoms with E-state index in [1.54, 1.807) is 0 Å². The fraction of sp³-hybridized carbons (Fsp3) is 0.931.